The van der Waals surface area contributed by atoms with Gasteiger partial charge in [-0.25, -0.2) is 0 Å². The quantitative estimate of drug-likeness (QED) is 0.764. The number of carbonyl (C=O) groups excluding carboxylic acids is 1. The lowest BCUT2D eigenvalue weighted by Gasteiger charge is -2.31. The molecule has 19 heavy (non-hydrogen) atoms. The van der Waals surface area contributed by atoms with Gasteiger partial charge in [0.2, 0.25) is 0 Å². The monoisotopic (exact) mass is 265 g/mol. The molecule has 0 saturated heterocycles. The molecule has 0 aliphatic carbocycles. The molecule has 0 aliphatic rings. The van der Waals surface area contributed by atoms with Crippen LogP contribution in [0.3, 0.4) is 0 Å². The summed E-state index contributed by atoms with van der Waals surface area (Å²) in [6.45, 7) is 7.76. The van der Waals surface area contributed by atoms with E-state index < -0.39 is 6.10 Å². The molecule has 0 unspecified atom stereocenters. The Morgan fingerprint density at radius 1 is 1.47 bits per heavy atom. The molecule has 0 radical (unpaired) electrons. The lowest BCUT2D eigenvalue weighted by Crippen LogP contribution is -2.42. The normalized spacial score (nSPS) is 15.6. The van der Waals surface area contributed by atoms with Gasteiger partial charge in [-0.2, -0.15) is 0 Å². The van der Waals surface area contributed by atoms with Crippen LogP contribution in [0.2, 0.25) is 0 Å². The maximum atomic E-state index is 12.1. The predicted molar refractivity (Wildman–Crippen MR) is 75.3 cm³/mol. The maximum Gasteiger partial charge on any atom is 0.251 e. The molecule has 1 aromatic carbocycles. The van der Waals surface area contributed by atoms with E-state index in [0.717, 1.165) is 6.42 Å². The van der Waals surface area contributed by atoms with Gasteiger partial charge >= 0.3 is 0 Å². The van der Waals surface area contributed by atoms with Gasteiger partial charge in [0.25, 0.3) is 5.91 Å². The number of phenols is 1. The van der Waals surface area contributed by atoms with Crippen LogP contribution >= 0.6 is 0 Å². The van der Waals surface area contributed by atoms with Gasteiger partial charge in [0.05, 0.1) is 6.10 Å². The van der Waals surface area contributed by atoms with Crippen LogP contribution in [0.1, 0.15) is 43.1 Å². The van der Waals surface area contributed by atoms with E-state index in [1.165, 1.54) is 0 Å². The molecule has 0 saturated carbocycles. The van der Waals surface area contributed by atoms with Crippen LogP contribution in [0.4, 0.5) is 0 Å². The molecule has 1 rings (SSSR count). The van der Waals surface area contributed by atoms with Crippen LogP contribution < -0.4 is 5.32 Å². The number of nitrogens with one attached hydrogen (secondary N) is 1. The Morgan fingerprint density at radius 3 is 2.63 bits per heavy atom. The molecule has 0 aliphatic heterocycles. The van der Waals surface area contributed by atoms with Crippen molar-refractivity contribution in [2.45, 2.75) is 40.2 Å². The Labute approximate surface area is 114 Å². The molecule has 2 atom stereocenters. The van der Waals surface area contributed by atoms with E-state index in [1.54, 1.807) is 32.0 Å². The number of phenolic OH excluding ortho intramolecular Hbond substituents is 1. The third-order valence-electron chi connectivity index (χ3n) is 4.02. The molecule has 1 amide bonds. The zero-order valence-corrected chi connectivity index (χ0v) is 12.0. The van der Waals surface area contributed by atoms with E-state index >= 15 is 0 Å². The molecular weight excluding hydrogens is 242 g/mol. The molecule has 4 nitrogen and oxygen atoms in total. The van der Waals surface area contributed by atoms with Crippen LogP contribution in [0.15, 0.2) is 18.2 Å². The number of amides is 1. The van der Waals surface area contributed by atoms with Crippen molar-refractivity contribution in [3.05, 3.63) is 29.3 Å². The average molecular weight is 265 g/mol. The Kier molecular flexibility index (Phi) is 4.95. The molecule has 0 aromatic heterocycles. The number of hydrogen-bond donors (Lipinski definition) is 3. The standard InChI is InChI=1S/C15H23NO3/c1-5-15(4,11(3)17)9-16-14(19)12-7-6-8-13(18)10(12)2/h6-8,11,17-18H,5,9H2,1-4H3,(H,16,19)/t11-,15+/m0/s1. The molecule has 0 bridgehead atoms. The maximum absolute atomic E-state index is 12.1. The topological polar surface area (TPSA) is 69.6 Å². The van der Waals surface area contributed by atoms with Crippen molar-refractivity contribution in [1.82, 2.24) is 5.32 Å². The van der Waals surface area contributed by atoms with Crippen molar-refractivity contribution >= 4 is 5.91 Å². The van der Waals surface area contributed by atoms with Gasteiger partial charge in [-0.1, -0.05) is 19.9 Å². The minimum atomic E-state index is -0.497. The number of rotatable bonds is 5. The van der Waals surface area contributed by atoms with Crippen LogP contribution in [-0.2, 0) is 0 Å². The Balaban J connectivity index is 2.78. The lowest BCUT2D eigenvalue weighted by atomic mass is 9.82. The first-order chi connectivity index (χ1) is 8.81. The molecule has 0 fully saturated rings. The van der Waals surface area contributed by atoms with Gasteiger partial charge in [-0.15, -0.1) is 0 Å². The van der Waals surface area contributed by atoms with E-state index in [1.807, 2.05) is 13.8 Å². The van der Waals surface area contributed by atoms with Crippen molar-refractivity contribution in [2.24, 2.45) is 5.41 Å². The lowest BCUT2D eigenvalue weighted by molar-refractivity contribution is 0.0473. The van der Waals surface area contributed by atoms with Crippen LogP contribution in [0.25, 0.3) is 0 Å². The summed E-state index contributed by atoms with van der Waals surface area (Å²) in [5, 5.41) is 22.2. The highest BCUT2D eigenvalue weighted by molar-refractivity contribution is 5.96. The SMILES string of the molecule is CC[C@](C)(CNC(=O)c1cccc(O)c1C)[C@H](C)O. The summed E-state index contributed by atoms with van der Waals surface area (Å²) in [6.07, 6.45) is 0.271. The average Bonchev–Trinajstić information content (AvgIpc) is 2.38. The van der Waals surface area contributed by atoms with E-state index in [9.17, 15) is 15.0 Å². The molecule has 106 valence electrons. The van der Waals surface area contributed by atoms with E-state index in [0.29, 0.717) is 17.7 Å². The van der Waals surface area contributed by atoms with Gasteiger partial charge in [-0.05, 0) is 32.4 Å². The van der Waals surface area contributed by atoms with Crippen molar-refractivity contribution < 1.29 is 15.0 Å². The zero-order valence-electron chi connectivity index (χ0n) is 12.0. The van der Waals surface area contributed by atoms with E-state index in [2.05, 4.69) is 5.32 Å². The predicted octanol–water partition coefficient (Wildman–Crippen LogP) is 2.23. The summed E-state index contributed by atoms with van der Waals surface area (Å²) >= 11 is 0. The molecular formula is C15H23NO3. The second-order valence-electron chi connectivity index (χ2n) is 5.32. The Morgan fingerprint density at radius 2 is 2.11 bits per heavy atom. The third kappa shape index (κ3) is 3.47. The number of carbonyl (C=O) groups is 1. The summed E-state index contributed by atoms with van der Waals surface area (Å²) in [4.78, 5) is 12.1. The fourth-order valence-electron chi connectivity index (χ4n) is 1.81. The van der Waals surface area contributed by atoms with E-state index in [-0.39, 0.29) is 17.1 Å². The second-order valence-corrected chi connectivity index (χ2v) is 5.32. The largest absolute Gasteiger partial charge is 0.508 e. The summed E-state index contributed by atoms with van der Waals surface area (Å²) < 4.78 is 0. The van der Waals surface area contributed by atoms with Gasteiger partial charge in [-0.3, -0.25) is 4.79 Å². The zero-order chi connectivity index (χ0) is 14.6. The van der Waals surface area contributed by atoms with Crippen molar-refractivity contribution in [2.75, 3.05) is 6.54 Å². The summed E-state index contributed by atoms with van der Waals surface area (Å²) in [5.41, 5.74) is 0.680. The molecule has 0 heterocycles. The molecule has 3 N–H and O–H groups in total. The first kappa shape index (κ1) is 15.5. The highest BCUT2D eigenvalue weighted by Gasteiger charge is 2.28. The minimum Gasteiger partial charge on any atom is -0.508 e. The van der Waals surface area contributed by atoms with E-state index in [4.69, 9.17) is 0 Å². The number of aliphatic hydroxyl groups is 1. The first-order valence-corrected chi connectivity index (χ1v) is 6.56. The van der Waals surface area contributed by atoms with Crippen molar-refractivity contribution in [3.8, 4) is 5.75 Å². The molecule has 0 spiro atoms. The number of aliphatic hydroxyl groups excluding tert-OH is 1. The Bertz CT molecular complexity index is 457. The smallest absolute Gasteiger partial charge is 0.251 e. The highest BCUT2D eigenvalue weighted by Crippen LogP contribution is 2.25. The number of aromatic hydroxyl groups is 1. The van der Waals surface area contributed by atoms with Crippen LogP contribution in [-0.4, -0.2) is 28.8 Å². The second kappa shape index (κ2) is 6.06. The fourth-order valence-corrected chi connectivity index (χ4v) is 1.81. The Hall–Kier alpha value is -1.55. The van der Waals surface area contributed by atoms with Gasteiger partial charge < -0.3 is 15.5 Å². The van der Waals surface area contributed by atoms with Crippen molar-refractivity contribution in [1.29, 1.82) is 0 Å². The summed E-state index contributed by atoms with van der Waals surface area (Å²) in [7, 11) is 0. The van der Waals surface area contributed by atoms with Gasteiger partial charge in [0.1, 0.15) is 5.75 Å². The minimum absolute atomic E-state index is 0.112. The number of benzene rings is 1. The van der Waals surface area contributed by atoms with Crippen molar-refractivity contribution in [3.63, 3.8) is 0 Å². The summed E-state index contributed by atoms with van der Waals surface area (Å²) in [6, 6.07) is 4.87. The fraction of sp³-hybridized carbons (Fsp3) is 0.533. The highest BCUT2D eigenvalue weighted by atomic mass is 16.3. The third-order valence-corrected chi connectivity index (χ3v) is 4.02. The van der Waals surface area contributed by atoms with Crippen LogP contribution in [0, 0.1) is 12.3 Å². The summed E-state index contributed by atoms with van der Waals surface area (Å²) in [5.74, 6) is -0.116. The first-order valence-electron chi connectivity index (χ1n) is 6.56. The number of hydrogen-bond acceptors (Lipinski definition) is 3. The van der Waals surface area contributed by atoms with Crippen LogP contribution in [0.5, 0.6) is 5.75 Å². The molecule has 4 heteroatoms. The molecule has 1 aromatic rings. The van der Waals surface area contributed by atoms with Gasteiger partial charge in [0.15, 0.2) is 0 Å². The van der Waals surface area contributed by atoms with Gasteiger partial charge in [0, 0.05) is 23.1 Å².